The van der Waals surface area contributed by atoms with Crippen molar-refractivity contribution in [1.29, 1.82) is 0 Å². The van der Waals surface area contributed by atoms with Crippen molar-refractivity contribution in [2.45, 2.75) is 65.8 Å². The number of hydrogen-bond acceptors (Lipinski definition) is 6. The molecule has 0 radical (unpaired) electrons. The molecule has 2 unspecified atom stereocenters. The van der Waals surface area contributed by atoms with Gasteiger partial charge in [-0.15, -0.1) is 0 Å². The van der Waals surface area contributed by atoms with E-state index < -0.39 is 28.7 Å². The summed E-state index contributed by atoms with van der Waals surface area (Å²) in [5.74, 6) is 0. The zero-order valence-corrected chi connectivity index (χ0v) is 15.0. The van der Waals surface area contributed by atoms with E-state index in [2.05, 4.69) is 4.66 Å². The minimum absolute atomic E-state index is 0.548. The topological polar surface area (TPSA) is 77.4 Å². The first-order chi connectivity index (χ1) is 8.18. The predicted molar refractivity (Wildman–Crippen MR) is 76.3 cm³/mol. The van der Waals surface area contributed by atoms with Crippen LogP contribution in [0.2, 0.25) is 13.1 Å². The van der Waals surface area contributed by atoms with Crippen LogP contribution in [0, 0.1) is 0 Å². The molecule has 0 aliphatic carbocycles. The molecular formula is C11H25NO5Si2. The van der Waals surface area contributed by atoms with Gasteiger partial charge < -0.3 is 17.8 Å². The largest absolute Gasteiger partial charge is 0.487 e. The van der Waals surface area contributed by atoms with Crippen molar-refractivity contribution in [3.63, 3.8) is 0 Å². The van der Waals surface area contributed by atoms with E-state index in [0.29, 0.717) is 0 Å². The summed E-state index contributed by atoms with van der Waals surface area (Å²) >= 11 is 0. The fourth-order valence-electron chi connectivity index (χ4n) is 1.66. The van der Waals surface area contributed by atoms with Crippen LogP contribution in [-0.4, -0.2) is 39.6 Å². The van der Waals surface area contributed by atoms with Crippen molar-refractivity contribution in [2.75, 3.05) is 0 Å². The number of rotatable bonds is 5. The molecule has 0 spiro atoms. The zero-order chi connectivity index (χ0) is 15.5. The van der Waals surface area contributed by atoms with Crippen LogP contribution in [0.1, 0.15) is 41.5 Å². The van der Waals surface area contributed by atoms with Gasteiger partial charge in [-0.3, -0.25) is 0 Å². The Morgan fingerprint density at radius 1 is 1.00 bits per heavy atom. The second-order valence-corrected chi connectivity index (χ2v) is 11.6. The highest BCUT2D eigenvalue weighted by Gasteiger charge is 2.48. The maximum absolute atomic E-state index is 10.6. The number of nitrogens with zero attached hydrogens (tertiary/aromatic N) is 1. The lowest BCUT2D eigenvalue weighted by atomic mass is 10.2. The Bertz CT molecular complexity index is 355. The van der Waals surface area contributed by atoms with E-state index in [1.165, 1.54) is 12.6 Å². The predicted octanol–water partition coefficient (Wildman–Crippen LogP) is 2.10. The molecule has 1 N–H and O–H groups in total. The smallest absolute Gasteiger partial charge is 0.390 e. The minimum atomic E-state index is -3.45. The highest BCUT2D eigenvalue weighted by atomic mass is 28.5. The quantitative estimate of drug-likeness (QED) is 0.478. The summed E-state index contributed by atoms with van der Waals surface area (Å²) in [5, 5.41) is 0. The van der Waals surface area contributed by atoms with Crippen LogP contribution in [0.3, 0.4) is 0 Å². The Morgan fingerprint density at radius 3 is 1.74 bits per heavy atom. The molecule has 0 bridgehead atoms. The Kier molecular flexibility index (Phi) is 5.85. The minimum Gasteiger partial charge on any atom is -0.390 e. The maximum atomic E-state index is 10.6. The van der Waals surface area contributed by atoms with Crippen molar-refractivity contribution in [2.24, 2.45) is 4.66 Å². The number of isocyanates is 1. The molecule has 0 rings (SSSR count). The normalized spacial score (nSPS) is 19.2. The van der Waals surface area contributed by atoms with Gasteiger partial charge in [0.05, 0.1) is 11.2 Å². The lowest BCUT2D eigenvalue weighted by Crippen LogP contribution is -2.56. The summed E-state index contributed by atoms with van der Waals surface area (Å²) in [6.07, 6.45) is 1.46. The first kappa shape index (κ1) is 18.7. The van der Waals surface area contributed by atoms with E-state index in [4.69, 9.17) is 13.0 Å². The molecule has 0 aliphatic rings. The Balaban J connectivity index is 5.08. The molecule has 2 atom stereocenters. The molecule has 0 heterocycles. The molecular weight excluding hydrogens is 282 g/mol. The third-order valence-corrected chi connectivity index (χ3v) is 7.13. The van der Waals surface area contributed by atoms with Crippen LogP contribution >= 0.6 is 0 Å². The molecule has 0 saturated heterocycles. The first-order valence-electron chi connectivity index (χ1n) is 6.10. The van der Waals surface area contributed by atoms with Gasteiger partial charge in [0, 0.05) is 13.1 Å². The summed E-state index contributed by atoms with van der Waals surface area (Å²) in [6.45, 7) is 14.0. The van der Waals surface area contributed by atoms with E-state index in [1.807, 2.05) is 41.5 Å². The third kappa shape index (κ3) is 9.23. The molecule has 0 amide bonds. The molecule has 0 fully saturated rings. The molecule has 0 saturated carbocycles. The van der Waals surface area contributed by atoms with Crippen LogP contribution in [0.5, 0.6) is 0 Å². The van der Waals surface area contributed by atoms with Gasteiger partial charge in [0.2, 0.25) is 6.08 Å². The lowest BCUT2D eigenvalue weighted by molar-refractivity contribution is 0.0269. The number of hydrogen-bond donors (Lipinski definition) is 1. The van der Waals surface area contributed by atoms with Gasteiger partial charge in [0.25, 0.3) is 0 Å². The lowest BCUT2D eigenvalue weighted by Gasteiger charge is -2.36. The second kappa shape index (κ2) is 5.96. The summed E-state index contributed by atoms with van der Waals surface area (Å²) in [7, 11) is -6.68. The van der Waals surface area contributed by atoms with Crippen LogP contribution in [0.15, 0.2) is 4.66 Å². The van der Waals surface area contributed by atoms with Crippen LogP contribution < -0.4 is 0 Å². The van der Waals surface area contributed by atoms with Gasteiger partial charge in [-0.25, -0.2) is 4.79 Å². The van der Waals surface area contributed by atoms with E-state index in [-0.39, 0.29) is 0 Å². The molecule has 0 aliphatic heterocycles. The molecule has 0 aromatic carbocycles. The fourth-order valence-corrected chi connectivity index (χ4v) is 7.47. The third-order valence-electron chi connectivity index (χ3n) is 1.62. The average Bonchev–Trinajstić information content (AvgIpc) is 1.90. The highest BCUT2D eigenvalue weighted by Crippen LogP contribution is 2.24. The molecule has 8 heteroatoms. The van der Waals surface area contributed by atoms with E-state index in [9.17, 15) is 9.59 Å². The summed E-state index contributed by atoms with van der Waals surface area (Å²) in [5.41, 5.74) is -1.11. The molecule has 0 aromatic heterocycles. The van der Waals surface area contributed by atoms with E-state index in [1.54, 1.807) is 6.55 Å². The fraction of sp³-hybridized carbons (Fsp3) is 0.909. The zero-order valence-electron chi connectivity index (χ0n) is 13.0. The summed E-state index contributed by atoms with van der Waals surface area (Å²) in [6, 6.07) is 0. The van der Waals surface area contributed by atoms with Crippen LogP contribution in [-0.2, 0) is 17.8 Å². The highest BCUT2D eigenvalue weighted by molar-refractivity contribution is 6.76. The van der Waals surface area contributed by atoms with Crippen molar-refractivity contribution >= 4 is 23.6 Å². The van der Waals surface area contributed by atoms with Crippen molar-refractivity contribution < 1.29 is 22.6 Å². The number of carbonyl (C=O) groups excluding carboxylic acids is 1. The van der Waals surface area contributed by atoms with Crippen molar-refractivity contribution in [3.8, 4) is 0 Å². The van der Waals surface area contributed by atoms with Crippen molar-refractivity contribution in [3.05, 3.63) is 0 Å². The maximum Gasteiger partial charge on any atom is 0.487 e. The monoisotopic (exact) mass is 307 g/mol. The van der Waals surface area contributed by atoms with Gasteiger partial charge in [-0.05, 0) is 41.5 Å². The average molecular weight is 307 g/mol. The molecule has 6 nitrogen and oxygen atoms in total. The molecule has 112 valence electrons. The van der Waals surface area contributed by atoms with Gasteiger partial charge in [-0.2, -0.15) is 4.66 Å². The van der Waals surface area contributed by atoms with Gasteiger partial charge in [0.1, 0.15) is 0 Å². The van der Waals surface area contributed by atoms with Crippen molar-refractivity contribution in [1.82, 2.24) is 0 Å². The Morgan fingerprint density at radius 2 is 1.42 bits per heavy atom. The van der Waals surface area contributed by atoms with Gasteiger partial charge in [0.15, 0.2) is 0 Å². The second-order valence-electron chi connectivity index (χ2n) is 6.53. The van der Waals surface area contributed by atoms with Gasteiger partial charge >= 0.3 is 17.5 Å². The van der Waals surface area contributed by atoms with E-state index >= 15 is 0 Å². The summed E-state index contributed by atoms with van der Waals surface area (Å²) < 4.78 is 20.4. The van der Waals surface area contributed by atoms with Gasteiger partial charge in [-0.1, -0.05) is 0 Å². The SMILES string of the molecule is CC(C)(C)O[Si](C)(O)O[Si](C)(N=C=O)OC(C)(C)C. The first-order valence-corrected chi connectivity index (χ1v) is 10.6. The standard InChI is InChI=1S/C11H25NO5Si2/c1-10(2,3)15-18(7,12-9-13)17-19(8,14)16-11(4,5)6/h14H,1-8H3. The molecule has 19 heavy (non-hydrogen) atoms. The summed E-state index contributed by atoms with van der Waals surface area (Å²) in [4.78, 5) is 20.8. The Hall–Kier alpha value is -0.346. The van der Waals surface area contributed by atoms with E-state index in [0.717, 1.165) is 0 Å². The van der Waals surface area contributed by atoms with Crippen LogP contribution in [0.4, 0.5) is 0 Å². The molecule has 0 aromatic rings. The van der Waals surface area contributed by atoms with Crippen LogP contribution in [0.25, 0.3) is 0 Å². The Labute approximate surface area is 117 Å².